The molecule has 0 amide bonds. The molecule has 0 saturated heterocycles. The summed E-state index contributed by atoms with van der Waals surface area (Å²) < 4.78 is 12.6. The predicted octanol–water partition coefficient (Wildman–Crippen LogP) is 2.33. The molecule has 0 N–H and O–H groups in total. The second-order valence-electron chi connectivity index (χ2n) is 2.02. The quantitative estimate of drug-likeness (QED) is 0.476. The molecule has 1 rings (SSSR count). The van der Waals surface area contributed by atoms with Gasteiger partial charge in [0.2, 0.25) is 5.82 Å². The van der Waals surface area contributed by atoms with Crippen LogP contribution in [-0.2, 0) is 0 Å². The van der Waals surface area contributed by atoms with Crippen LogP contribution in [0.15, 0.2) is 18.2 Å². The molecule has 0 aliphatic heterocycles. The summed E-state index contributed by atoms with van der Waals surface area (Å²) in [4.78, 5) is 12.5. The van der Waals surface area contributed by atoms with Crippen LogP contribution >= 0.6 is 0 Å². The largest absolute Gasteiger partial charge is 0.346 e. The molecule has 0 bridgehead atoms. The van der Waals surface area contributed by atoms with Gasteiger partial charge >= 0.3 is 11.4 Å². The van der Waals surface area contributed by atoms with Crippen LogP contribution in [0.3, 0.4) is 0 Å². The van der Waals surface area contributed by atoms with Crippen LogP contribution in [0.25, 0.3) is 4.85 Å². The Morgan fingerprint density at radius 3 is 2.75 bits per heavy atom. The van der Waals surface area contributed by atoms with Gasteiger partial charge in [-0.3, -0.25) is 10.1 Å². The predicted molar refractivity (Wildman–Crippen MR) is 41.0 cm³/mol. The summed E-state index contributed by atoms with van der Waals surface area (Å²) in [5.41, 5.74) is -0.454. The van der Waals surface area contributed by atoms with E-state index in [-0.39, 0.29) is 5.69 Å². The van der Waals surface area contributed by atoms with Crippen LogP contribution in [0, 0.1) is 22.5 Å². The normalized spacial score (nSPS) is 9.00. The van der Waals surface area contributed by atoms with Crippen molar-refractivity contribution in [2.45, 2.75) is 0 Å². The van der Waals surface area contributed by atoms with E-state index in [0.29, 0.717) is 0 Å². The highest BCUT2D eigenvalue weighted by molar-refractivity contribution is 5.52. The lowest BCUT2D eigenvalue weighted by Gasteiger charge is -1.89. The standard InChI is InChI=1S/C7H4FN2O2/c1-9-5-2-3-6(8)7(4-5)10(11)12/h1-4H/q+1. The van der Waals surface area contributed by atoms with E-state index in [2.05, 4.69) is 4.85 Å². The zero-order chi connectivity index (χ0) is 9.14. The number of halogens is 1. The Morgan fingerprint density at radius 1 is 1.58 bits per heavy atom. The Kier molecular flexibility index (Phi) is 2.01. The molecule has 0 spiro atoms. The maximum Gasteiger partial charge on any atom is 0.346 e. The van der Waals surface area contributed by atoms with Crippen LogP contribution < -0.4 is 0 Å². The summed E-state index contributed by atoms with van der Waals surface area (Å²) in [6.07, 6.45) is 0. The number of nitro benzene ring substituents is 1. The highest BCUT2D eigenvalue weighted by Gasteiger charge is 2.17. The summed E-state index contributed by atoms with van der Waals surface area (Å²) in [6, 6.07) is 3.17. The number of rotatable bonds is 1. The Balaban J connectivity index is 3.28. The van der Waals surface area contributed by atoms with Gasteiger partial charge in [-0.1, -0.05) is 0 Å². The summed E-state index contributed by atoms with van der Waals surface area (Å²) in [6.45, 7) is 4.85. The minimum absolute atomic E-state index is 0.170. The van der Waals surface area contributed by atoms with Crippen molar-refractivity contribution in [3.63, 3.8) is 0 Å². The lowest BCUT2D eigenvalue weighted by Crippen LogP contribution is -1.90. The van der Waals surface area contributed by atoms with Crippen molar-refractivity contribution < 1.29 is 9.31 Å². The third kappa shape index (κ3) is 1.37. The molecule has 12 heavy (non-hydrogen) atoms. The fourth-order valence-corrected chi connectivity index (χ4v) is 0.721. The molecular formula is C7H4FN2O2+. The molecule has 0 fully saturated rings. The van der Waals surface area contributed by atoms with Crippen molar-refractivity contribution in [2.24, 2.45) is 0 Å². The van der Waals surface area contributed by atoms with Crippen LogP contribution in [0.5, 0.6) is 0 Å². The van der Waals surface area contributed by atoms with E-state index in [9.17, 15) is 14.5 Å². The monoisotopic (exact) mass is 167 g/mol. The van der Waals surface area contributed by atoms with Gasteiger partial charge in [0.1, 0.15) is 6.07 Å². The van der Waals surface area contributed by atoms with E-state index in [1.165, 1.54) is 6.07 Å². The van der Waals surface area contributed by atoms with Gasteiger partial charge in [-0.25, -0.2) is 0 Å². The summed E-state index contributed by atoms with van der Waals surface area (Å²) >= 11 is 0. The van der Waals surface area contributed by atoms with E-state index in [0.717, 1.165) is 12.1 Å². The Morgan fingerprint density at radius 2 is 2.25 bits per heavy atom. The molecule has 5 heteroatoms. The molecule has 4 nitrogen and oxygen atoms in total. The van der Waals surface area contributed by atoms with Gasteiger partial charge < -0.3 is 0 Å². The second kappa shape index (κ2) is 2.96. The minimum Gasteiger partial charge on any atom is -0.258 e. The van der Waals surface area contributed by atoms with Gasteiger partial charge in [-0.2, -0.15) is 4.39 Å². The molecule has 60 valence electrons. The first-order chi connectivity index (χ1) is 5.65. The highest BCUT2D eigenvalue weighted by atomic mass is 19.1. The summed E-state index contributed by atoms with van der Waals surface area (Å²) in [7, 11) is 0. The van der Waals surface area contributed by atoms with E-state index in [1.54, 1.807) is 0 Å². The average Bonchev–Trinajstić information content (AvgIpc) is 2.05. The first kappa shape index (κ1) is 8.14. The zero-order valence-corrected chi connectivity index (χ0v) is 5.90. The average molecular weight is 167 g/mol. The molecular weight excluding hydrogens is 163 g/mol. The topological polar surface area (TPSA) is 47.5 Å². The molecule has 0 unspecified atom stereocenters. The number of hydrogen-bond donors (Lipinski definition) is 0. The van der Waals surface area contributed by atoms with Gasteiger partial charge in [0.15, 0.2) is 0 Å². The molecule has 0 aliphatic carbocycles. The van der Waals surface area contributed by atoms with Crippen molar-refractivity contribution in [3.05, 3.63) is 39.0 Å². The maximum absolute atomic E-state index is 12.6. The van der Waals surface area contributed by atoms with Crippen molar-refractivity contribution in [1.82, 2.24) is 0 Å². The molecule has 0 aliphatic rings. The molecule has 0 aromatic heterocycles. The SMILES string of the molecule is C#[N+]c1ccc(F)c([N+](=O)[O-])c1. The van der Waals surface area contributed by atoms with Crippen molar-refractivity contribution >= 4 is 11.4 Å². The smallest absolute Gasteiger partial charge is 0.258 e. The maximum atomic E-state index is 12.6. The fourth-order valence-electron chi connectivity index (χ4n) is 0.721. The Hall–Kier alpha value is -1.96. The first-order valence-corrected chi connectivity index (χ1v) is 3.00. The third-order valence-corrected chi connectivity index (χ3v) is 1.28. The van der Waals surface area contributed by atoms with Gasteiger partial charge in [0, 0.05) is 6.07 Å². The highest BCUT2D eigenvalue weighted by Crippen LogP contribution is 2.22. The summed E-state index contributed by atoms with van der Waals surface area (Å²) in [5.74, 6) is -0.896. The lowest BCUT2D eigenvalue weighted by molar-refractivity contribution is -0.387. The van der Waals surface area contributed by atoms with Gasteiger partial charge in [-0.15, -0.1) is 0 Å². The lowest BCUT2D eigenvalue weighted by atomic mass is 10.3. The molecule has 0 saturated carbocycles. The Labute approximate surface area is 67.2 Å². The van der Waals surface area contributed by atoms with Crippen LogP contribution in [-0.4, -0.2) is 4.92 Å². The number of nitrogens with zero attached hydrogens (tertiary/aromatic N) is 2. The van der Waals surface area contributed by atoms with Crippen molar-refractivity contribution in [1.29, 1.82) is 0 Å². The van der Waals surface area contributed by atoms with Crippen LogP contribution in [0.2, 0.25) is 0 Å². The third-order valence-electron chi connectivity index (χ3n) is 1.28. The molecule has 0 radical (unpaired) electrons. The number of hydrogen-bond acceptors (Lipinski definition) is 2. The van der Waals surface area contributed by atoms with E-state index >= 15 is 0 Å². The van der Waals surface area contributed by atoms with Crippen molar-refractivity contribution in [2.75, 3.05) is 0 Å². The minimum atomic E-state index is -0.896. The number of nitro groups is 1. The van der Waals surface area contributed by atoms with E-state index in [4.69, 9.17) is 6.57 Å². The molecule has 0 heterocycles. The number of benzene rings is 1. The second-order valence-corrected chi connectivity index (χ2v) is 2.02. The van der Waals surface area contributed by atoms with Crippen molar-refractivity contribution in [3.8, 4) is 6.57 Å². The molecule has 1 aromatic carbocycles. The van der Waals surface area contributed by atoms with Gasteiger partial charge in [0.25, 0.3) is 6.57 Å². The first-order valence-electron chi connectivity index (χ1n) is 3.00. The van der Waals surface area contributed by atoms with Crippen LogP contribution in [0.1, 0.15) is 0 Å². The summed E-state index contributed by atoms with van der Waals surface area (Å²) in [5, 5.41) is 10.2. The van der Waals surface area contributed by atoms with Crippen LogP contribution in [0.4, 0.5) is 15.8 Å². The van der Waals surface area contributed by atoms with Gasteiger partial charge in [-0.05, 0) is 10.9 Å². The Bertz CT molecular complexity index is 370. The van der Waals surface area contributed by atoms with E-state index in [1.807, 2.05) is 0 Å². The molecule has 0 atom stereocenters. The van der Waals surface area contributed by atoms with Gasteiger partial charge in [0.05, 0.1) is 4.92 Å². The fraction of sp³-hybridized carbons (Fsp3) is 0. The zero-order valence-electron chi connectivity index (χ0n) is 5.90. The van der Waals surface area contributed by atoms with E-state index < -0.39 is 16.4 Å². The molecule has 1 aromatic rings.